The SMILES string of the molecule is CN=C(NCCCN1CCCC1C(=O)N(C)C)N(C)Cc1cn(C)nc1C(C)C. The highest BCUT2D eigenvalue weighted by atomic mass is 16.2. The van der Waals surface area contributed by atoms with E-state index in [1.54, 1.807) is 4.90 Å². The van der Waals surface area contributed by atoms with Gasteiger partial charge in [-0.3, -0.25) is 19.4 Å². The number of rotatable bonds is 8. The molecule has 1 atom stereocenters. The predicted octanol–water partition coefficient (Wildman–Crippen LogP) is 1.49. The summed E-state index contributed by atoms with van der Waals surface area (Å²) in [5, 5.41) is 8.06. The number of carbonyl (C=O) groups is 1. The molecule has 1 aromatic rings. The third-order valence-corrected chi connectivity index (χ3v) is 5.46. The Morgan fingerprint density at radius 1 is 1.38 bits per heavy atom. The number of hydrogen-bond acceptors (Lipinski definition) is 4. The van der Waals surface area contributed by atoms with Crippen LogP contribution in [0, 0.1) is 0 Å². The van der Waals surface area contributed by atoms with E-state index in [1.165, 1.54) is 5.56 Å². The quantitative estimate of drug-likeness (QED) is 0.403. The maximum absolute atomic E-state index is 12.3. The number of carbonyl (C=O) groups excluding carboxylic acids is 1. The summed E-state index contributed by atoms with van der Waals surface area (Å²) in [4.78, 5) is 22.9. The predicted molar refractivity (Wildman–Crippen MR) is 118 cm³/mol. The van der Waals surface area contributed by atoms with Gasteiger partial charge in [0, 0.05) is 66.6 Å². The molecule has 1 aliphatic rings. The summed E-state index contributed by atoms with van der Waals surface area (Å²) in [6.07, 6.45) is 5.14. The van der Waals surface area contributed by atoms with Gasteiger partial charge < -0.3 is 15.1 Å². The fourth-order valence-electron chi connectivity index (χ4n) is 4.03. The molecular weight excluding hydrogens is 366 g/mol. The average Bonchev–Trinajstić information content (AvgIpc) is 3.27. The lowest BCUT2D eigenvalue weighted by Crippen LogP contribution is -2.44. The minimum absolute atomic E-state index is 0.0482. The zero-order chi connectivity index (χ0) is 21.6. The lowest BCUT2D eigenvalue weighted by molar-refractivity contribution is -0.133. The van der Waals surface area contributed by atoms with E-state index in [9.17, 15) is 4.79 Å². The molecule has 1 aromatic heterocycles. The molecule has 0 radical (unpaired) electrons. The molecule has 2 heterocycles. The molecule has 1 aliphatic heterocycles. The monoisotopic (exact) mass is 405 g/mol. The Kier molecular flexibility index (Phi) is 8.49. The Morgan fingerprint density at radius 3 is 2.72 bits per heavy atom. The number of likely N-dealkylation sites (tertiary alicyclic amines) is 1. The first-order valence-corrected chi connectivity index (χ1v) is 10.6. The van der Waals surface area contributed by atoms with E-state index in [-0.39, 0.29) is 11.9 Å². The normalized spacial score (nSPS) is 17.8. The van der Waals surface area contributed by atoms with Crippen molar-refractivity contribution in [1.82, 2.24) is 29.8 Å². The average molecular weight is 406 g/mol. The van der Waals surface area contributed by atoms with Crippen molar-refractivity contribution in [2.24, 2.45) is 12.0 Å². The molecule has 29 heavy (non-hydrogen) atoms. The van der Waals surface area contributed by atoms with Crippen LogP contribution in [0.4, 0.5) is 0 Å². The largest absolute Gasteiger partial charge is 0.356 e. The van der Waals surface area contributed by atoms with Gasteiger partial charge in [0.25, 0.3) is 0 Å². The summed E-state index contributed by atoms with van der Waals surface area (Å²) in [6.45, 7) is 7.89. The van der Waals surface area contributed by atoms with Crippen LogP contribution in [0.2, 0.25) is 0 Å². The molecule has 0 saturated carbocycles. The number of nitrogens with zero attached hydrogens (tertiary/aromatic N) is 6. The van der Waals surface area contributed by atoms with Gasteiger partial charge in [-0.15, -0.1) is 0 Å². The molecule has 0 bridgehead atoms. The van der Waals surface area contributed by atoms with E-state index in [0.29, 0.717) is 5.92 Å². The van der Waals surface area contributed by atoms with Crippen molar-refractivity contribution in [3.63, 3.8) is 0 Å². The number of likely N-dealkylation sites (N-methyl/N-ethyl adjacent to an activating group) is 1. The van der Waals surface area contributed by atoms with Crippen molar-refractivity contribution in [3.05, 3.63) is 17.5 Å². The molecule has 0 aromatic carbocycles. The van der Waals surface area contributed by atoms with E-state index in [4.69, 9.17) is 0 Å². The van der Waals surface area contributed by atoms with Gasteiger partial charge in [0.15, 0.2) is 5.96 Å². The highest BCUT2D eigenvalue weighted by Crippen LogP contribution is 2.19. The zero-order valence-electron chi connectivity index (χ0n) is 19.3. The number of nitrogens with one attached hydrogen (secondary N) is 1. The lowest BCUT2D eigenvalue weighted by Gasteiger charge is -2.26. The third kappa shape index (κ3) is 6.19. The number of hydrogen-bond donors (Lipinski definition) is 1. The van der Waals surface area contributed by atoms with Crippen LogP contribution in [-0.4, -0.2) is 90.2 Å². The van der Waals surface area contributed by atoms with Crippen LogP contribution in [0.1, 0.15) is 50.3 Å². The maximum atomic E-state index is 12.3. The second kappa shape index (κ2) is 10.6. The molecule has 0 spiro atoms. The molecule has 8 heteroatoms. The van der Waals surface area contributed by atoms with E-state index in [2.05, 4.69) is 52.3 Å². The molecule has 2 rings (SSSR count). The highest BCUT2D eigenvalue weighted by Gasteiger charge is 2.31. The third-order valence-electron chi connectivity index (χ3n) is 5.46. The molecule has 1 amide bonds. The Balaban J connectivity index is 1.82. The van der Waals surface area contributed by atoms with Crippen molar-refractivity contribution in [3.8, 4) is 0 Å². The first-order chi connectivity index (χ1) is 13.7. The molecule has 8 nitrogen and oxygen atoms in total. The second-order valence-electron chi connectivity index (χ2n) is 8.48. The van der Waals surface area contributed by atoms with Crippen LogP contribution in [0.3, 0.4) is 0 Å². The molecular formula is C21H39N7O. The Labute approximate surface area is 175 Å². The van der Waals surface area contributed by atoms with Gasteiger partial charge in [-0.2, -0.15) is 5.10 Å². The molecule has 164 valence electrons. The number of aromatic nitrogens is 2. The second-order valence-corrected chi connectivity index (χ2v) is 8.48. The fourth-order valence-corrected chi connectivity index (χ4v) is 4.03. The van der Waals surface area contributed by atoms with Gasteiger partial charge in [0.1, 0.15) is 0 Å². The van der Waals surface area contributed by atoms with Gasteiger partial charge in [0.05, 0.1) is 11.7 Å². The number of aryl methyl sites for hydroxylation is 1. The molecule has 1 N–H and O–H groups in total. The Bertz CT molecular complexity index is 695. The molecule has 1 fully saturated rings. The van der Waals surface area contributed by atoms with E-state index < -0.39 is 0 Å². The Morgan fingerprint density at radius 2 is 2.10 bits per heavy atom. The van der Waals surface area contributed by atoms with Gasteiger partial charge in [0.2, 0.25) is 5.91 Å². The smallest absolute Gasteiger partial charge is 0.239 e. The first-order valence-electron chi connectivity index (χ1n) is 10.6. The molecule has 1 saturated heterocycles. The van der Waals surface area contributed by atoms with Crippen molar-refractivity contribution in [1.29, 1.82) is 0 Å². The summed E-state index contributed by atoms with van der Waals surface area (Å²) in [5.41, 5.74) is 2.37. The van der Waals surface area contributed by atoms with E-state index in [0.717, 1.165) is 57.1 Å². The van der Waals surface area contributed by atoms with E-state index in [1.807, 2.05) is 32.9 Å². The van der Waals surface area contributed by atoms with Crippen LogP contribution in [0.25, 0.3) is 0 Å². The fraction of sp³-hybridized carbons (Fsp3) is 0.762. The van der Waals surface area contributed by atoms with Crippen molar-refractivity contribution < 1.29 is 4.79 Å². The summed E-state index contributed by atoms with van der Waals surface area (Å²) in [5.74, 6) is 1.50. The van der Waals surface area contributed by atoms with Crippen LogP contribution < -0.4 is 5.32 Å². The maximum Gasteiger partial charge on any atom is 0.239 e. The number of aliphatic imine (C=N–C) groups is 1. The minimum Gasteiger partial charge on any atom is -0.356 e. The van der Waals surface area contributed by atoms with Gasteiger partial charge >= 0.3 is 0 Å². The van der Waals surface area contributed by atoms with Crippen molar-refractivity contribution in [2.75, 3.05) is 47.8 Å². The lowest BCUT2D eigenvalue weighted by atomic mass is 10.1. The topological polar surface area (TPSA) is 69.0 Å². The number of amides is 1. The van der Waals surface area contributed by atoms with Crippen LogP contribution in [0.5, 0.6) is 0 Å². The highest BCUT2D eigenvalue weighted by molar-refractivity contribution is 5.81. The van der Waals surface area contributed by atoms with Crippen LogP contribution >= 0.6 is 0 Å². The summed E-state index contributed by atoms with van der Waals surface area (Å²) >= 11 is 0. The molecule has 0 aliphatic carbocycles. The minimum atomic E-state index is 0.0482. The van der Waals surface area contributed by atoms with Gasteiger partial charge in [-0.05, 0) is 31.7 Å². The van der Waals surface area contributed by atoms with Crippen LogP contribution in [0.15, 0.2) is 11.2 Å². The Hall–Kier alpha value is -2.09. The summed E-state index contributed by atoms with van der Waals surface area (Å²) in [6, 6.07) is 0.0482. The standard InChI is InChI=1S/C21H39N7O/c1-16(2)19-17(15-27(7)24-19)14-26(6)21(22-3)23-11-9-13-28-12-8-10-18(28)20(29)25(4)5/h15-16,18H,8-14H2,1-7H3,(H,22,23). The molecule has 1 unspecified atom stereocenters. The van der Waals surface area contributed by atoms with Gasteiger partial charge in [-0.1, -0.05) is 13.8 Å². The van der Waals surface area contributed by atoms with Crippen LogP contribution in [-0.2, 0) is 18.4 Å². The van der Waals surface area contributed by atoms with Crippen molar-refractivity contribution >= 4 is 11.9 Å². The van der Waals surface area contributed by atoms with Crippen molar-refractivity contribution in [2.45, 2.75) is 51.6 Å². The summed E-state index contributed by atoms with van der Waals surface area (Å²) < 4.78 is 1.89. The van der Waals surface area contributed by atoms with Gasteiger partial charge in [-0.25, -0.2) is 0 Å². The summed E-state index contributed by atoms with van der Waals surface area (Å²) in [7, 11) is 9.52. The van der Waals surface area contributed by atoms with E-state index >= 15 is 0 Å². The first kappa shape index (κ1) is 23.2. The zero-order valence-corrected chi connectivity index (χ0v) is 19.3. The number of guanidine groups is 1.